The molecule has 6 rings (SSSR count). The van der Waals surface area contributed by atoms with E-state index >= 15 is 0 Å². The van der Waals surface area contributed by atoms with Crippen LogP contribution in [0.15, 0.2) is 70.6 Å². The summed E-state index contributed by atoms with van der Waals surface area (Å²) in [5, 5.41) is 9.55. The highest BCUT2D eigenvalue weighted by Crippen LogP contribution is 2.35. The molecule has 3 aliphatic heterocycles. The molecule has 3 aromatic carbocycles. The summed E-state index contributed by atoms with van der Waals surface area (Å²) in [4.78, 5) is 14.6. The van der Waals surface area contributed by atoms with Gasteiger partial charge in [0.1, 0.15) is 5.75 Å². The lowest BCUT2D eigenvalue weighted by Crippen LogP contribution is -2.44. The molecule has 5 heteroatoms. The summed E-state index contributed by atoms with van der Waals surface area (Å²) in [5.74, 6) is 0.279. The van der Waals surface area contributed by atoms with Gasteiger partial charge in [-0.25, -0.2) is 0 Å². The second-order valence-corrected chi connectivity index (χ2v) is 8.96. The van der Waals surface area contributed by atoms with Gasteiger partial charge in [0, 0.05) is 44.7 Å². The van der Waals surface area contributed by atoms with Gasteiger partial charge in [-0.1, -0.05) is 6.07 Å². The maximum absolute atomic E-state index is 9.55. The molecule has 0 unspecified atom stereocenters. The van der Waals surface area contributed by atoms with E-state index in [1.165, 1.54) is 22.4 Å². The van der Waals surface area contributed by atoms with Gasteiger partial charge in [-0.3, -0.25) is 9.98 Å². The number of nitrogens with zero attached hydrogens (tertiary/aromatic N) is 4. The van der Waals surface area contributed by atoms with E-state index in [1.54, 1.807) is 12.1 Å². The minimum absolute atomic E-state index is 0.279. The third-order valence-electron chi connectivity index (χ3n) is 6.77. The number of hydrogen-bond donors (Lipinski definition) is 1. The molecule has 1 saturated heterocycles. The second-order valence-electron chi connectivity index (χ2n) is 8.96. The van der Waals surface area contributed by atoms with Crippen LogP contribution < -0.4 is 4.90 Å². The molecule has 0 amide bonds. The average molecular weight is 423 g/mol. The quantitative estimate of drug-likeness (QED) is 0.676. The molecule has 0 radical (unpaired) electrons. The summed E-state index contributed by atoms with van der Waals surface area (Å²) >= 11 is 0. The number of hydrogen-bond acceptors (Lipinski definition) is 5. The van der Waals surface area contributed by atoms with Crippen molar-refractivity contribution in [1.82, 2.24) is 4.90 Å². The first kappa shape index (κ1) is 19.3. The minimum Gasteiger partial charge on any atom is -0.508 e. The summed E-state index contributed by atoms with van der Waals surface area (Å²) in [5.41, 5.74) is 10.4. The van der Waals surface area contributed by atoms with Gasteiger partial charge < -0.3 is 14.9 Å². The van der Waals surface area contributed by atoms with Crippen LogP contribution in [0.5, 0.6) is 5.75 Å². The number of rotatable bonds is 3. The van der Waals surface area contributed by atoms with E-state index in [0.29, 0.717) is 0 Å². The highest BCUT2D eigenvalue weighted by Gasteiger charge is 2.22. The Balaban J connectivity index is 1.20. The number of phenolic OH excluding ortho intramolecular Hbond substituents is 1. The van der Waals surface area contributed by atoms with Crippen molar-refractivity contribution in [2.24, 2.45) is 9.98 Å². The van der Waals surface area contributed by atoms with Crippen LogP contribution in [0.1, 0.15) is 22.3 Å². The van der Waals surface area contributed by atoms with Gasteiger partial charge in [-0.05, 0) is 83.9 Å². The van der Waals surface area contributed by atoms with Gasteiger partial charge in [0.2, 0.25) is 0 Å². The van der Waals surface area contributed by atoms with Crippen LogP contribution in [0.25, 0.3) is 0 Å². The van der Waals surface area contributed by atoms with Crippen molar-refractivity contribution in [1.29, 1.82) is 0 Å². The van der Waals surface area contributed by atoms with Crippen LogP contribution in [-0.4, -0.2) is 54.7 Å². The molecule has 3 heterocycles. The number of piperazine rings is 1. The normalized spacial score (nSPS) is 17.7. The molecule has 0 saturated carbocycles. The molecule has 0 atom stereocenters. The smallest absolute Gasteiger partial charge is 0.115 e. The molecule has 3 aliphatic rings. The van der Waals surface area contributed by atoms with Crippen molar-refractivity contribution in [2.45, 2.75) is 12.8 Å². The van der Waals surface area contributed by atoms with Crippen LogP contribution in [0.3, 0.4) is 0 Å². The van der Waals surface area contributed by atoms with Crippen molar-refractivity contribution in [3.63, 3.8) is 0 Å². The molecule has 0 aromatic heterocycles. The molecule has 160 valence electrons. The Kier molecular flexibility index (Phi) is 4.58. The van der Waals surface area contributed by atoms with Gasteiger partial charge in [0.25, 0.3) is 0 Å². The fourth-order valence-corrected chi connectivity index (χ4v) is 4.82. The first-order valence-electron chi connectivity index (χ1n) is 11.3. The van der Waals surface area contributed by atoms with E-state index in [4.69, 9.17) is 9.98 Å². The van der Waals surface area contributed by atoms with Crippen LogP contribution in [0.4, 0.5) is 17.1 Å². The average Bonchev–Trinajstić information content (AvgIpc) is 3.43. The first-order chi connectivity index (χ1) is 15.6. The largest absolute Gasteiger partial charge is 0.508 e. The maximum Gasteiger partial charge on any atom is 0.115 e. The number of aromatic hydroxyl groups is 1. The molecule has 1 N–H and O–H groups in total. The highest BCUT2D eigenvalue weighted by atomic mass is 16.3. The molecule has 5 nitrogen and oxygen atoms in total. The Morgan fingerprint density at radius 2 is 1.28 bits per heavy atom. The van der Waals surface area contributed by atoms with E-state index in [2.05, 4.69) is 53.2 Å². The number of benzene rings is 3. The van der Waals surface area contributed by atoms with Gasteiger partial charge in [0.05, 0.1) is 22.8 Å². The summed E-state index contributed by atoms with van der Waals surface area (Å²) in [6.45, 7) is 4.39. The van der Waals surface area contributed by atoms with E-state index < -0.39 is 0 Å². The highest BCUT2D eigenvalue weighted by molar-refractivity contribution is 6.09. The summed E-state index contributed by atoms with van der Waals surface area (Å²) in [6.07, 6.45) is 1.68. The SMILES string of the molecule is CN1CCN(c2ccc3c(c2)CC(c2ccc4c(c2)CC(c2ccc(O)cc2)=N4)=N3)CC1. The van der Waals surface area contributed by atoms with Crippen LogP contribution >= 0.6 is 0 Å². The number of fused-ring (bicyclic) bond motifs is 2. The standard InChI is InChI=1S/C27H26N4O/c1-30-10-12-31(13-11-30)22-5-9-25-21(15-22)17-27(29-25)19-4-8-24-20(14-19)16-26(28-24)18-2-6-23(32)7-3-18/h2-9,14-15,32H,10-13,16-17H2,1H3. The number of aliphatic imine (C=N–C) groups is 2. The van der Waals surface area contributed by atoms with Crippen molar-refractivity contribution >= 4 is 28.5 Å². The van der Waals surface area contributed by atoms with Crippen molar-refractivity contribution in [3.05, 3.63) is 82.9 Å². The van der Waals surface area contributed by atoms with Crippen LogP contribution in [0.2, 0.25) is 0 Å². The molecule has 0 spiro atoms. The van der Waals surface area contributed by atoms with Crippen LogP contribution in [0, 0.1) is 0 Å². The summed E-state index contributed by atoms with van der Waals surface area (Å²) < 4.78 is 0. The molecular weight excluding hydrogens is 396 g/mol. The Hall–Kier alpha value is -3.44. The molecule has 3 aromatic rings. The zero-order valence-electron chi connectivity index (χ0n) is 18.3. The van der Waals surface area contributed by atoms with Gasteiger partial charge in [-0.15, -0.1) is 0 Å². The second kappa shape index (κ2) is 7.61. The summed E-state index contributed by atoms with van der Waals surface area (Å²) in [7, 11) is 2.19. The predicted molar refractivity (Wildman–Crippen MR) is 131 cm³/mol. The number of anilines is 1. The Bertz CT molecular complexity index is 1250. The van der Waals surface area contributed by atoms with Crippen molar-refractivity contribution in [2.75, 3.05) is 38.1 Å². The lowest BCUT2D eigenvalue weighted by Gasteiger charge is -2.34. The fourth-order valence-electron chi connectivity index (χ4n) is 4.82. The van der Waals surface area contributed by atoms with Gasteiger partial charge in [0.15, 0.2) is 0 Å². The van der Waals surface area contributed by atoms with E-state index in [9.17, 15) is 5.11 Å². The predicted octanol–water partition coefficient (Wildman–Crippen LogP) is 4.50. The summed E-state index contributed by atoms with van der Waals surface area (Å²) in [6, 6.07) is 20.5. The third kappa shape index (κ3) is 3.49. The number of phenols is 1. The third-order valence-corrected chi connectivity index (χ3v) is 6.77. The van der Waals surface area contributed by atoms with Gasteiger partial charge in [-0.2, -0.15) is 0 Å². The Labute approximate surface area is 188 Å². The van der Waals surface area contributed by atoms with Gasteiger partial charge >= 0.3 is 0 Å². The fraction of sp³-hybridized carbons (Fsp3) is 0.259. The maximum atomic E-state index is 9.55. The minimum atomic E-state index is 0.279. The van der Waals surface area contributed by atoms with Crippen molar-refractivity contribution in [3.8, 4) is 5.75 Å². The molecular formula is C27H26N4O. The topological polar surface area (TPSA) is 51.4 Å². The molecule has 32 heavy (non-hydrogen) atoms. The van der Waals surface area contributed by atoms with Crippen LogP contribution in [-0.2, 0) is 12.8 Å². The molecule has 1 fully saturated rings. The Morgan fingerprint density at radius 3 is 2.00 bits per heavy atom. The lowest BCUT2D eigenvalue weighted by atomic mass is 9.99. The molecule has 0 bridgehead atoms. The van der Waals surface area contributed by atoms with E-state index in [0.717, 1.165) is 67.4 Å². The Morgan fingerprint density at radius 1 is 0.688 bits per heavy atom. The number of likely N-dealkylation sites (N-methyl/N-ethyl adjacent to an activating group) is 1. The van der Waals surface area contributed by atoms with E-state index in [1.807, 2.05) is 12.1 Å². The molecule has 0 aliphatic carbocycles. The van der Waals surface area contributed by atoms with Crippen molar-refractivity contribution < 1.29 is 5.11 Å². The first-order valence-corrected chi connectivity index (χ1v) is 11.3. The zero-order chi connectivity index (χ0) is 21.7. The lowest BCUT2D eigenvalue weighted by molar-refractivity contribution is 0.313. The monoisotopic (exact) mass is 422 g/mol. The van der Waals surface area contributed by atoms with E-state index in [-0.39, 0.29) is 5.75 Å². The zero-order valence-corrected chi connectivity index (χ0v) is 18.3.